The van der Waals surface area contributed by atoms with Crippen molar-refractivity contribution in [3.63, 3.8) is 0 Å². The highest BCUT2D eigenvalue weighted by Gasteiger charge is 2.28. The summed E-state index contributed by atoms with van der Waals surface area (Å²) in [7, 11) is 2.09. The zero-order valence-electron chi connectivity index (χ0n) is 9.86. The number of likely N-dealkylation sites (N-methyl/N-ethyl adjacent to an activating group) is 1. The third kappa shape index (κ3) is 1.78. The fraction of sp³-hybridized carbons (Fsp3) is 0.583. The Balaban J connectivity index is 2.34. The Kier molecular flexibility index (Phi) is 2.55. The monoisotopic (exact) mass is 205 g/mol. The van der Waals surface area contributed by atoms with Gasteiger partial charge >= 0.3 is 0 Å². The van der Waals surface area contributed by atoms with Crippen molar-refractivity contribution >= 4 is 6.34 Å². The van der Waals surface area contributed by atoms with Crippen LogP contribution < -0.4 is 5.32 Å². The Morgan fingerprint density at radius 2 is 2.20 bits per heavy atom. The lowest BCUT2D eigenvalue weighted by Gasteiger charge is -2.36. The van der Waals surface area contributed by atoms with E-state index in [0.717, 1.165) is 5.82 Å². The van der Waals surface area contributed by atoms with Crippen LogP contribution in [0, 0.1) is 5.92 Å². The summed E-state index contributed by atoms with van der Waals surface area (Å²) in [6.45, 7) is 6.63. The molecule has 3 nitrogen and oxygen atoms in total. The Labute approximate surface area is 91.6 Å². The third-order valence-corrected chi connectivity index (χ3v) is 2.96. The summed E-state index contributed by atoms with van der Waals surface area (Å²) in [6.07, 6.45) is 6.33. The van der Waals surface area contributed by atoms with Crippen molar-refractivity contribution in [2.75, 3.05) is 7.05 Å². The predicted molar refractivity (Wildman–Crippen MR) is 63.6 cm³/mol. The van der Waals surface area contributed by atoms with E-state index < -0.39 is 0 Å². The lowest BCUT2D eigenvalue weighted by atomic mass is 9.91. The van der Waals surface area contributed by atoms with Crippen molar-refractivity contribution in [1.29, 1.82) is 0 Å². The maximum absolute atomic E-state index is 4.43. The van der Waals surface area contributed by atoms with Crippen LogP contribution >= 0.6 is 0 Å². The molecule has 0 fully saturated rings. The van der Waals surface area contributed by atoms with Crippen molar-refractivity contribution in [3.05, 3.63) is 23.5 Å². The van der Waals surface area contributed by atoms with Gasteiger partial charge in [-0.05, 0) is 12.8 Å². The molecule has 3 heteroatoms. The van der Waals surface area contributed by atoms with Gasteiger partial charge in [-0.25, -0.2) is 4.99 Å². The SMILES string of the molecule is CC1C=CC2=C(N=CN(C)C2C(C)C)N1. The quantitative estimate of drug-likeness (QED) is 0.706. The van der Waals surface area contributed by atoms with Gasteiger partial charge in [-0.3, -0.25) is 0 Å². The zero-order chi connectivity index (χ0) is 11.0. The van der Waals surface area contributed by atoms with Gasteiger partial charge in [-0.1, -0.05) is 26.0 Å². The summed E-state index contributed by atoms with van der Waals surface area (Å²) in [5.41, 5.74) is 1.31. The smallest absolute Gasteiger partial charge is 0.133 e. The van der Waals surface area contributed by atoms with Crippen LogP contribution in [0.5, 0.6) is 0 Å². The van der Waals surface area contributed by atoms with E-state index in [0.29, 0.717) is 18.0 Å². The molecule has 15 heavy (non-hydrogen) atoms. The predicted octanol–water partition coefficient (Wildman–Crippen LogP) is 1.74. The number of nitrogens with zero attached hydrogens (tertiary/aromatic N) is 2. The highest BCUT2D eigenvalue weighted by molar-refractivity contribution is 5.62. The largest absolute Gasteiger partial charge is 0.364 e. The first-order chi connectivity index (χ1) is 7.09. The molecule has 2 heterocycles. The van der Waals surface area contributed by atoms with E-state index in [1.54, 1.807) is 0 Å². The Bertz CT molecular complexity index is 339. The molecule has 0 saturated carbocycles. The second kappa shape index (κ2) is 3.72. The summed E-state index contributed by atoms with van der Waals surface area (Å²) in [5, 5.41) is 3.39. The summed E-state index contributed by atoms with van der Waals surface area (Å²) < 4.78 is 0. The third-order valence-electron chi connectivity index (χ3n) is 2.96. The van der Waals surface area contributed by atoms with Crippen molar-refractivity contribution in [3.8, 4) is 0 Å². The number of rotatable bonds is 1. The molecule has 2 atom stereocenters. The first kappa shape index (κ1) is 10.3. The molecule has 0 radical (unpaired) electrons. The summed E-state index contributed by atoms with van der Waals surface area (Å²) >= 11 is 0. The first-order valence-electron chi connectivity index (χ1n) is 5.54. The van der Waals surface area contributed by atoms with Crippen LogP contribution in [0.1, 0.15) is 20.8 Å². The van der Waals surface area contributed by atoms with E-state index in [1.807, 2.05) is 6.34 Å². The van der Waals surface area contributed by atoms with Gasteiger partial charge in [-0.15, -0.1) is 0 Å². The van der Waals surface area contributed by atoms with Crippen LogP contribution in [0.25, 0.3) is 0 Å². The molecule has 1 N–H and O–H groups in total. The van der Waals surface area contributed by atoms with Crippen LogP contribution in [0.4, 0.5) is 0 Å². The normalized spacial score (nSPS) is 29.5. The van der Waals surface area contributed by atoms with Gasteiger partial charge < -0.3 is 10.2 Å². The molecule has 0 saturated heterocycles. The van der Waals surface area contributed by atoms with Crippen LogP contribution in [0.15, 0.2) is 28.5 Å². The minimum atomic E-state index is 0.386. The number of hydrogen-bond donors (Lipinski definition) is 1. The van der Waals surface area contributed by atoms with E-state index in [2.05, 4.69) is 55.2 Å². The van der Waals surface area contributed by atoms with Crippen LogP contribution in [0.3, 0.4) is 0 Å². The molecular formula is C12H19N3. The highest BCUT2D eigenvalue weighted by Crippen LogP contribution is 2.26. The molecule has 82 valence electrons. The second-order valence-corrected chi connectivity index (χ2v) is 4.69. The van der Waals surface area contributed by atoms with Crippen molar-refractivity contribution < 1.29 is 0 Å². The maximum atomic E-state index is 4.43. The number of nitrogens with one attached hydrogen (secondary N) is 1. The molecule has 2 unspecified atom stereocenters. The minimum absolute atomic E-state index is 0.386. The van der Waals surface area contributed by atoms with Gasteiger partial charge in [0.2, 0.25) is 0 Å². The van der Waals surface area contributed by atoms with Crippen LogP contribution in [-0.2, 0) is 0 Å². The van der Waals surface area contributed by atoms with E-state index in [9.17, 15) is 0 Å². The van der Waals surface area contributed by atoms with Crippen LogP contribution in [0.2, 0.25) is 0 Å². The van der Waals surface area contributed by atoms with E-state index >= 15 is 0 Å². The molecule has 0 aromatic carbocycles. The van der Waals surface area contributed by atoms with Gasteiger partial charge in [0.25, 0.3) is 0 Å². The Morgan fingerprint density at radius 1 is 1.47 bits per heavy atom. The van der Waals surface area contributed by atoms with Crippen molar-refractivity contribution in [2.45, 2.75) is 32.9 Å². The lowest BCUT2D eigenvalue weighted by Crippen LogP contribution is -2.42. The molecule has 2 rings (SSSR count). The number of hydrogen-bond acceptors (Lipinski definition) is 3. The fourth-order valence-electron chi connectivity index (χ4n) is 2.29. The van der Waals surface area contributed by atoms with Gasteiger partial charge in [0.05, 0.1) is 12.4 Å². The van der Waals surface area contributed by atoms with E-state index in [-0.39, 0.29) is 0 Å². The van der Waals surface area contributed by atoms with Gasteiger partial charge in [-0.2, -0.15) is 0 Å². The molecular weight excluding hydrogens is 186 g/mol. The van der Waals surface area contributed by atoms with Crippen molar-refractivity contribution in [2.24, 2.45) is 10.9 Å². The van der Waals surface area contributed by atoms with E-state index in [1.165, 1.54) is 5.57 Å². The average molecular weight is 205 g/mol. The molecule has 0 spiro atoms. The Hall–Kier alpha value is -1.25. The number of aliphatic imine (C=N–C) groups is 1. The number of dihydropyridines is 1. The van der Waals surface area contributed by atoms with Gasteiger partial charge in [0.1, 0.15) is 5.82 Å². The standard InChI is InChI=1S/C12H19N3/c1-8(2)11-10-6-5-9(3)14-12(10)13-7-15(11)4/h5-9,11,14H,1-4H3. The molecule has 2 aliphatic rings. The van der Waals surface area contributed by atoms with Gasteiger partial charge in [0.15, 0.2) is 0 Å². The van der Waals surface area contributed by atoms with Crippen LogP contribution in [-0.4, -0.2) is 30.4 Å². The van der Waals surface area contributed by atoms with Crippen molar-refractivity contribution in [1.82, 2.24) is 10.2 Å². The van der Waals surface area contributed by atoms with Gasteiger partial charge in [0, 0.05) is 18.7 Å². The van der Waals surface area contributed by atoms with E-state index in [4.69, 9.17) is 0 Å². The maximum Gasteiger partial charge on any atom is 0.133 e. The minimum Gasteiger partial charge on any atom is -0.364 e. The Morgan fingerprint density at radius 3 is 2.87 bits per heavy atom. The summed E-state index contributed by atoms with van der Waals surface area (Å²) in [5.74, 6) is 1.63. The highest BCUT2D eigenvalue weighted by atomic mass is 15.2. The fourth-order valence-corrected chi connectivity index (χ4v) is 2.29. The second-order valence-electron chi connectivity index (χ2n) is 4.69. The zero-order valence-corrected chi connectivity index (χ0v) is 9.86. The molecule has 0 aromatic heterocycles. The first-order valence-corrected chi connectivity index (χ1v) is 5.54. The molecule has 2 aliphatic heterocycles. The average Bonchev–Trinajstić information content (AvgIpc) is 2.17. The summed E-state index contributed by atoms with van der Waals surface area (Å²) in [4.78, 5) is 6.62. The topological polar surface area (TPSA) is 27.6 Å². The summed E-state index contributed by atoms with van der Waals surface area (Å²) in [6, 6.07) is 0.825. The molecule has 0 aliphatic carbocycles. The molecule has 0 bridgehead atoms. The molecule has 0 aromatic rings. The molecule has 0 amide bonds. The lowest BCUT2D eigenvalue weighted by molar-refractivity contribution is 0.327.